The van der Waals surface area contributed by atoms with Crippen LogP contribution < -0.4 is 5.32 Å². The van der Waals surface area contributed by atoms with Crippen molar-refractivity contribution >= 4 is 12.0 Å². The Hall–Kier alpha value is -1.82. The minimum absolute atomic E-state index is 0.439. The SMILES string of the molecule is CCc1ccc(C=O)c(NCCC#N)c1. The topological polar surface area (TPSA) is 52.9 Å². The Balaban J connectivity index is 2.82. The van der Waals surface area contributed by atoms with Gasteiger partial charge in [-0.25, -0.2) is 0 Å². The molecule has 0 unspecified atom stereocenters. The summed E-state index contributed by atoms with van der Waals surface area (Å²) < 4.78 is 0. The summed E-state index contributed by atoms with van der Waals surface area (Å²) in [5.74, 6) is 0. The lowest BCUT2D eigenvalue weighted by atomic mass is 10.1. The molecule has 0 fully saturated rings. The van der Waals surface area contributed by atoms with Gasteiger partial charge in [-0.1, -0.05) is 13.0 Å². The number of carbonyl (C=O) groups excluding carboxylic acids is 1. The number of nitrogens with one attached hydrogen (secondary N) is 1. The molecule has 0 bridgehead atoms. The van der Waals surface area contributed by atoms with E-state index in [1.807, 2.05) is 12.1 Å². The zero-order chi connectivity index (χ0) is 11.1. The average Bonchev–Trinajstić information content (AvgIpc) is 2.29. The Labute approximate surface area is 89.7 Å². The van der Waals surface area contributed by atoms with E-state index in [4.69, 9.17) is 5.26 Å². The molecule has 0 aliphatic carbocycles. The first kappa shape index (κ1) is 11.3. The second-order valence-electron chi connectivity index (χ2n) is 3.23. The van der Waals surface area contributed by atoms with Gasteiger partial charge in [0.2, 0.25) is 0 Å². The first-order valence-corrected chi connectivity index (χ1v) is 5.00. The number of anilines is 1. The van der Waals surface area contributed by atoms with Gasteiger partial charge in [0.05, 0.1) is 12.5 Å². The molecule has 0 spiro atoms. The molecule has 0 aliphatic rings. The summed E-state index contributed by atoms with van der Waals surface area (Å²) in [7, 11) is 0. The standard InChI is InChI=1S/C12H14N2O/c1-2-10-4-5-11(9-15)12(8-10)14-7-3-6-13/h4-5,8-9,14H,2-3,7H2,1H3. The molecule has 0 radical (unpaired) electrons. The lowest BCUT2D eigenvalue weighted by Crippen LogP contribution is -2.03. The molecule has 15 heavy (non-hydrogen) atoms. The Morgan fingerprint density at radius 2 is 2.33 bits per heavy atom. The number of benzene rings is 1. The fourth-order valence-electron chi connectivity index (χ4n) is 1.33. The monoisotopic (exact) mass is 202 g/mol. The van der Waals surface area contributed by atoms with Crippen molar-refractivity contribution in [1.82, 2.24) is 0 Å². The van der Waals surface area contributed by atoms with E-state index in [2.05, 4.69) is 18.3 Å². The van der Waals surface area contributed by atoms with Crippen LogP contribution in [0.3, 0.4) is 0 Å². The molecule has 1 N–H and O–H groups in total. The second kappa shape index (κ2) is 5.82. The van der Waals surface area contributed by atoms with Gasteiger partial charge >= 0.3 is 0 Å². The summed E-state index contributed by atoms with van der Waals surface area (Å²) in [6, 6.07) is 7.76. The van der Waals surface area contributed by atoms with Crippen LogP contribution in [0.4, 0.5) is 5.69 Å². The molecule has 1 aromatic rings. The van der Waals surface area contributed by atoms with Crippen molar-refractivity contribution in [3.05, 3.63) is 29.3 Å². The van der Waals surface area contributed by atoms with Gasteiger partial charge in [-0.3, -0.25) is 4.79 Å². The summed E-state index contributed by atoms with van der Waals surface area (Å²) in [6.07, 6.45) is 2.20. The first-order valence-electron chi connectivity index (χ1n) is 5.00. The maximum atomic E-state index is 10.8. The van der Waals surface area contributed by atoms with Gasteiger partial charge in [0.1, 0.15) is 0 Å². The van der Waals surface area contributed by atoms with Crippen LogP contribution >= 0.6 is 0 Å². The van der Waals surface area contributed by atoms with Gasteiger partial charge in [0.15, 0.2) is 6.29 Å². The third-order valence-corrected chi connectivity index (χ3v) is 2.21. The Morgan fingerprint density at radius 3 is 2.93 bits per heavy atom. The Morgan fingerprint density at radius 1 is 1.53 bits per heavy atom. The van der Waals surface area contributed by atoms with Crippen LogP contribution in [-0.4, -0.2) is 12.8 Å². The lowest BCUT2D eigenvalue weighted by molar-refractivity contribution is 0.112. The number of nitriles is 1. The van der Waals surface area contributed by atoms with Gasteiger partial charge in [-0.15, -0.1) is 0 Å². The number of aryl methyl sites for hydroxylation is 1. The van der Waals surface area contributed by atoms with Crippen LogP contribution in [0.2, 0.25) is 0 Å². The van der Waals surface area contributed by atoms with Crippen molar-refractivity contribution in [2.24, 2.45) is 0 Å². The predicted octanol–water partition coefficient (Wildman–Crippen LogP) is 2.39. The highest BCUT2D eigenvalue weighted by Gasteiger charge is 2.01. The second-order valence-corrected chi connectivity index (χ2v) is 3.23. The van der Waals surface area contributed by atoms with E-state index in [-0.39, 0.29) is 0 Å². The van der Waals surface area contributed by atoms with E-state index in [1.54, 1.807) is 6.07 Å². The van der Waals surface area contributed by atoms with E-state index >= 15 is 0 Å². The number of aldehydes is 1. The minimum atomic E-state index is 0.439. The van der Waals surface area contributed by atoms with Gasteiger partial charge in [0.25, 0.3) is 0 Å². The molecular formula is C12H14N2O. The molecule has 3 heteroatoms. The van der Waals surface area contributed by atoms with Crippen molar-refractivity contribution in [1.29, 1.82) is 5.26 Å². The molecule has 3 nitrogen and oxygen atoms in total. The third-order valence-electron chi connectivity index (χ3n) is 2.21. The van der Waals surface area contributed by atoms with Crippen molar-refractivity contribution in [3.8, 4) is 6.07 Å². The quantitative estimate of drug-likeness (QED) is 0.589. The van der Waals surface area contributed by atoms with Gasteiger partial charge < -0.3 is 5.32 Å². The fraction of sp³-hybridized carbons (Fsp3) is 0.333. The van der Waals surface area contributed by atoms with Crippen molar-refractivity contribution < 1.29 is 4.79 Å². The molecule has 0 heterocycles. The highest BCUT2D eigenvalue weighted by atomic mass is 16.1. The van der Waals surface area contributed by atoms with Gasteiger partial charge in [-0.2, -0.15) is 5.26 Å². The normalized spacial score (nSPS) is 9.33. The summed E-state index contributed by atoms with van der Waals surface area (Å²) in [5.41, 5.74) is 2.64. The van der Waals surface area contributed by atoms with Crippen molar-refractivity contribution in [2.75, 3.05) is 11.9 Å². The lowest BCUT2D eigenvalue weighted by Gasteiger charge is -2.08. The smallest absolute Gasteiger partial charge is 0.152 e. The Bertz CT molecular complexity index is 380. The molecule has 0 aliphatic heterocycles. The number of carbonyl (C=O) groups is 1. The number of nitrogens with zero attached hydrogens (tertiary/aromatic N) is 1. The van der Waals surface area contributed by atoms with E-state index in [1.165, 1.54) is 5.56 Å². The van der Waals surface area contributed by atoms with Crippen LogP contribution in [0.15, 0.2) is 18.2 Å². The fourth-order valence-corrected chi connectivity index (χ4v) is 1.33. The van der Waals surface area contributed by atoms with Gasteiger partial charge in [0, 0.05) is 17.8 Å². The summed E-state index contributed by atoms with van der Waals surface area (Å²) in [4.78, 5) is 10.8. The molecule has 1 rings (SSSR count). The van der Waals surface area contributed by atoms with Crippen LogP contribution in [0.25, 0.3) is 0 Å². The van der Waals surface area contributed by atoms with Gasteiger partial charge in [-0.05, 0) is 24.1 Å². The maximum Gasteiger partial charge on any atom is 0.152 e. The van der Waals surface area contributed by atoms with Crippen LogP contribution in [0.5, 0.6) is 0 Å². The zero-order valence-corrected chi connectivity index (χ0v) is 8.79. The molecule has 0 aromatic heterocycles. The van der Waals surface area contributed by atoms with Crippen LogP contribution in [0.1, 0.15) is 29.3 Å². The average molecular weight is 202 g/mol. The highest BCUT2D eigenvalue weighted by Crippen LogP contribution is 2.16. The minimum Gasteiger partial charge on any atom is -0.383 e. The van der Waals surface area contributed by atoms with E-state index < -0.39 is 0 Å². The number of hydrogen-bond acceptors (Lipinski definition) is 3. The van der Waals surface area contributed by atoms with Crippen LogP contribution in [0, 0.1) is 11.3 Å². The molecule has 0 amide bonds. The summed E-state index contributed by atoms with van der Waals surface area (Å²) >= 11 is 0. The van der Waals surface area contributed by atoms with E-state index in [0.717, 1.165) is 18.4 Å². The molecule has 78 valence electrons. The molecular weight excluding hydrogens is 188 g/mol. The Kier molecular flexibility index (Phi) is 4.36. The number of rotatable bonds is 5. The largest absolute Gasteiger partial charge is 0.383 e. The summed E-state index contributed by atoms with van der Waals surface area (Å²) in [5, 5.41) is 11.5. The van der Waals surface area contributed by atoms with Crippen molar-refractivity contribution in [3.63, 3.8) is 0 Å². The highest BCUT2D eigenvalue weighted by molar-refractivity contribution is 5.84. The maximum absolute atomic E-state index is 10.8. The molecule has 0 atom stereocenters. The predicted molar refractivity (Wildman–Crippen MR) is 59.9 cm³/mol. The first-order chi connectivity index (χ1) is 7.31. The summed E-state index contributed by atoms with van der Waals surface area (Å²) in [6.45, 7) is 2.64. The van der Waals surface area contributed by atoms with Crippen molar-refractivity contribution in [2.45, 2.75) is 19.8 Å². The number of hydrogen-bond donors (Lipinski definition) is 1. The zero-order valence-electron chi connectivity index (χ0n) is 8.79. The van der Waals surface area contributed by atoms with E-state index in [9.17, 15) is 4.79 Å². The van der Waals surface area contributed by atoms with E-state index in [0.29, 0.717) is 18.5 Å². The molecule has 0 saturated carbocycles. The van der Waals surface area contributed by atoms with Crippen LogP contribution in [-0.2, 0) is 6.42 Å². The molecule has 1 aromatic carbocycles. The third kappa shape index (κ3) is 3.10. The molecule has 0 saturated heterocycles.